The minimum Gasteiger partial charge on any atom is -0.507 e. The number of amides is 1. The van der Waals surface area contributed by atoms with Crippen molar-refractivity contribution in [2.45, 2.75) is 12.8 Å². The maximum Gasteiger partial charge on any atom is 0.255 e. The third kappa shape index (κ3) is 4.47. The van der Waals surface area contributed by atoms with Gasteiger partial charge in [-0.25, -0.2) is 9.07 Å². The molecule has 0 aliphatic rings. The molecule has 0 atom stereocenters. The molecule has 4 N–H and O–H groups in total. The summed E-state index contributed by atoms with van der Waals surface area (Å²) in [6, 6.07) is 11.8. The van der Waals surface area contributed by atoms with E-state index >= 15 is 0 Å². The molecular weight excluding hydrogens is 397 g/mol. The number of nitrogens with two attached hydrogens (primary N) is 1. The van der Waals surface area contributed by atoms with Crippen LogP contribution in [0.5, 0.6) is 5.75 Å². The Bertz CT molecular complexity index is 1090. The SMILES string of the molecule is N#Cc1c(CCCNC(=O)c2cc(Cl)ccc2O)nn(-c2ccc(F)cc2)c1N. The molecule has 148 valence electrons. The number of phenols is 1. The molecular formula is C20H17ClFN5O2. The summed E-state index contributed by atoms with van der Waals surface area (Å²) < 4.78 is 14.5. The molecule has 1 amide bonds. The average Bonchev–Trinajstić information content (AvgIpc) is 3.02. The molecule has 0 saturated heterocycles. The molecule has 0 radical (unpaired) electrons. The van der Waals surface area contributed by atoms with E-state index in [4.69, 9.17) is 17.3 Å². The Hall–Kier alpha value is -3.57. The predicted molar refractivity (Wildman–Crippen MR) is 106 cm³/mol. The van der Waals surface area contributed by atoms with Crippen LogP contribution in [-0.2, 0) is 6.42 Å². The number of nitrogens with zero attached hydrogens (tertiary/aromatic N) is 3. The van der Waals surface area contributed by atoms with E-state index in [1.54, 1.807) is 0 Å². The number of aromatic nitrogens is 2. The van der Waals surface area contributed by atoms with Crippen LogP contribution in [0.3, 0.4) is 0 Å². The van der Waals surface area contributed by atoms with Crippen molar-refractivity contribution >= 4 is 23.3 Å². The number of carbonyl (C=O) groups is 1. The second-order valence-corrected chi connectivity index (χ2v) is 6.66. The summed E-state index contributed by atoms with van der Waals surface area (Å²) in [4.78, 5) is 12.2. The van der Waals surface area contributed by atoms with Crippen molar-refractivity contribution in [2.75, 3.05) is 12.3 Å². The van der Waals surface area contributed by atoms with Crippen molar-refractivity contribution in [2.24, 2.45) is 0 Å². The number of anilines is 1. The molecule has 1 aromatic heterocycles. The normalized spacial score (nSPS) is 10.5. The first kappa shape index (κ1) is 20.2. The summed E-state index contributed by atoms with van der Waals surface area (Å²) in [7, 11) is 0. The van der Waals surface area contributed by atoms with Crippen LogP contribution in [-0.4, -0.2) is 27.3 Å². The van der Waals surface area contributed by atoms with Gasteiger partial charge in [-0.1, -0.05) is 11.6 Å². The van der Waals surface area contributed by atoms with Crippen LogP contribution < -0.4 is 11.1 Å². The zero-order valence-electron chi connectivity index (χ0n) is 15.2. The van der Waals surface area contributed by atoms with Crippen LogP contribution >= 0.6 is 11.6 Å². The number of aryl methyl sites for hydroxylation is 1. The number of nitrogen functional groups attached to an aromatic ring is 1. The van der Waals surface area contributed by atoms with Crippen molar-refractivity contribution in [3.05, 3.63) is 70.1 Å². The summed E-state index contributed by atoms with van der Waals surface area (Å²) in [5, 5.41) is 26.5. The van der Waals surface area contributed by atoms with Crippen molar-refractivity contribution < 1.29 is 14.3 Å². The van der Waals surface area contributed by atoms with Gasteiger partial charge < -0.3 is 16.2 Å². The summed E-state index contributed by atoms with van der Waals surface area (Å²) in [5.41, 5.74) is 7.36. The number of halogens is 2. The highest BCUT2D eigenvalue weighted by atomic mass is 35.5. The zero-order valence-corrected chi connectivity index (χ0v) is 15.9. The van der Waals surface area contributed by atoms with Gasteiger partial charge in [-0.15, -0.1) is 0 Å². The number of rotatable bonds is 6. The molecule has 2 aromatic carbocycles. The third-order valence-electron chi connectivity index (χ3n) is 4.26. The number of nitrogens with one attached hydrogen (secondary N) is 1. The minimum atomic E-state index is -0.457. The Morgan fingerprint density at radius 2 is 2.03 bits per heavy atom. The molecule has 0 saturated carbocycles. The largest absolute Gasteiger partial charge is 0.507 e. The first-order chi connectivity index (χ1) is 13.9. The van der Waals surface area contributed by atoms with E-state index in [1.165, 1.54) is 47.1 Å². The number of hydrogen-bond acceptors (Lipinski definition) is 5. The predicted octanol–water partition coefficient (Wildman–Crippen LogP) is 3.19. The molecule has 3 rings (SSSR count). The van der Waals surface area contributed by atoms with E-state index in [-0.39, 0.29) is 28.5 Å². The Labute approximate surface area is 171 Å². The van der Waals surface area contributed by atoms with Crippen molar-refractivity contribution in [1.29, 1.82) is 5.26 Å². The monoisotopic (exact) mass is 413 g/mol. The average molecular weight is 414 g/mol. The van der Waals surface area contributed by atoms with Gasteiger partial charge in [0, 0.05) is 11.6 Å². The molecule has 7 nitrogen and oxygen atoms in total. The van der Waals surface area contributed by atoms with Gasteiger partial charge >= 0.3 is 0 Å². The minimum absolute atomic E-state index is 0.0834. The lowest BCUT2D eigenvalue weighted by molar-refractivity contribution is 0.0950. The number of aromatic hydroxyl groups is 1. The number of carbonyl (C=O) groups excluding carboxylic acids is 1. The highest BCUT2D eigenvalue weighted by Gasteiger charge is 2.17. The van der Waals surface area contributed by atoms with Crippen LogP contribution in [0.15, 0.2) is 42.5 Å². The van der Waals surface area contributed by atoms with Gasteiger partial charge in [0.2, 0.25) is 0 Å². The number of nitriles is 1. The summed E-state index contributed by atoms with van der Waals surface area (Å²) >= 11 is 5.85. The molecule has 0 aliphatic heterocycles. The number of benzene rings is 2. The van der Waals surface area contributed by atoms with Gasteiger partial charge in [0.1, 0.15) is 29.0 Å². The summed E-state index contributed by atoms with van der Waals surface area (Å²) in [6.07, 6.45) is 0.880. The molecule has 0 fully saturated rings. The molecule has 0 aliphatic carbocycles. The fraction of sp³-hybridized carbons (Fsp3) is 0.150. The fourth-order valence-corrected chi connectivity index (χ4v) is 2.97. The van der Waals surface area contributed by atoms with E-state index in [0.29, 0.717) is 35.8 Å². The van der Waals surface area contributed by atoms with E-state index in [0.717, 1.165) is 0 Å². The fourth-order valence-electron chi connectivity index (χ4n) is 2.80. The molecule has 3 aromatic rings. The first-order valence-electron chi connectivity index (χ1n) is 8.71. The van der Waals surface area contributed by atoms with E-state index in [2.05, 4.69) is 10.4 Å². The Kier molecular flexibility index (Phi) is 6.00. The van der Waals surface area contributed by atoms with Crippen LogP contribution in [0.4, 0.5) is 10.2 Å². The van der Waals surface area contributed by atoms with Crippen LogP contribution in [0.1, 0.15) is 28.0 Å². The molecule has 0 bridgehead atoms. The topological polar surface area (TPSA) is 117 Å². The molecule has 1 heterocycles. The number of hydrogen-bond donors (Lipinski definition) is 3. The van der Waals surface area contributed by atoms with Gasteiger partial charge in [0.15, 0.2) is 0 Å². The highest BCUT2D eigenvalue weighted by molar-refractivity contribution is 6.31. The van der Waals surface area contributed by atoms with Gasteiger partial charge in [-0.2, -0.15) is 10.4 Å². The van der Waals surface area contributed by atoms with Crippen LogP contribution in [0.25, 0.3) is 5.69 Å². The van der Waals surface area contributed by atoms with Gasteiger partial charge in [0.05, 0.1) is 16.9 Å². The molecule has 0 spiro atoms. The van der Waals surface area contributed by atoms with E-state index in [9.17, 15) is 19.6 Å². The van der Waals surface area contributed by atoms with Gasteiger partial charge in [-0.05, 0) is 55.3 Å². The van der Waals surface area contributed by atoms with Gasteiger partial charge in [0.25, 0.3) is 5.91 Å². The zero-order chi connectivity index (χ0) is 21.0. The lowest BCUT2D eigenvalue weighted by Gasteiger charge is -2.07. The maximum atomic E-state index is 13.1. The highest BCUT2D eigenvalue weighted by Crippen LogP contribution is 2.23. The second-order valence-electron chi connectivity index (χ2n) is 6.23. The smallest absolute Gasteiger partial charge is 0.255 e. The summed E-state index contributed by atoms with van der Waals surface area (Å²) in [6.45, 7) is 0.291. The quantitative estimate of drug-likeness (QED) is 0.536. The molecule has 9 heteroatoms. The van der Waals surface area contributed by atoms with E-state index < -0.39 is 5.91 Å². The lowest BCUT2D eigenvalue weighted by atomic mass is 10.1. The van der Waals surface area contributed by atoms with Crippen LogP contribution in [0, 0.1) is 17.1 Å². The lowest BCUT2D eigenvalue weighted by Crippen LogP contribution is -2.25. The van der Waals surface area contributed by atoms with Crippen molar-refractivity contribution in [1.82, 2.24) is 15.1 Å². The second kappa shape index (κ2) is 8.63. The Morgan fingerprint density at radius 1 is 1.31 bits per heavy atom. The first-order valence-corrected chi connectivity index (χ1v) is 9.08. The Balaban J connectivity index is 1.66. The van der Waals surface area contributed by atoms with Crippen molar-refractivity contribution in [3.8, 4) is 17.5 Å². The van der Waals surface area contributed by atoms with Crippen LogP contribution in [0.2, 0.25) is 5.02 Å². The van der Waals surface area contributed by atoms with Gasteiger partial charge in [-0.3, -0.25) is 4.79 Å². The maximum absolute atomic E-state index is 13.1. The van der Waals surface area contributed by atoms with Crippen molar-refractivity contribution in [3.63, 3.8) is 0 Å². The molecule has 29 heavy (non-hydrogen) atoms. The molecule has 0 unspecified atom stereocenters. The standard InChI is InChI=1S/C20H17ClFN5O2/c21-12-3-8-18(28)15(10-12)20(29)25-9-1-2-17-16(11-23)19(24)27(26-17)14-6-4-13(22)5-7-14/h3-8,10,28H,1-2,9,24H2,(H,25,29). The van der Waals surface area contributed by atoms with E-state index in [1.807, 2.05) is 6.07 Å². The third-order valence-corrected chi connectivity index (χ3v) is 4.49. The Morgan fingerprint density at radius 3 is 2.72 bits per heavy atom. The number of phenolic OH excluding ortho intramolecular Hbond substituents is 1. The summed E-state index contributed by atoms with van der Waals surface area (Å²) in [5.74, 6) is -0.838.